The van der Waals surface area contributed by atoms with Crippen molar-refractivity contribution in [2.24, 2.45) is 5.92 Å². The first-order chi connectivity index (χ1) is 9.19. The van der Waals surface area contributed by atoms with Crippen LogP contribution in [0.5, 0.6) is 0 Å². The maximum absolute atomic E-state index is 6.18. The Morgan fingerprint density at radius 2 is 1.65 bits per heavy atom. The van der Waals surface area contributed by atoms with E-state index in [-0.39, 0.29) is 11.2 Å². The maximum Gasteiger partial charge on any atom is 0.0760 e. The molecule has 3 heteroatoms. The molecule has 1 heterocycles. The standard InChI is InChI=1S/C17H36N2O/c1-8-10-18-15(14(3)9-2)11-19-12-16(4,5)20-17(6,7)13-19/h14-15,18H,8-13H2,1-7H3. The number of hydrogen-bond acceptors (Lipinski definition) is 3. The van der Waals surface area contributed by atoms with Gasteiger partial charge in [-0.1, -0.05) is 27.2 Å². The van der Waals surface area contributed by atoms with Crippen molar-refractivity contribution in [2.75, 3.05) is 26.2 Å². The summed E-state index contributed by atoms with van der Waals surface area (Å²) in [5.41, 5.74) is -0.0982. The monoisotopic (exact) mass is 284 g/mol. The summed E-state index contributed by atoms with van der Waals surface area (Å²) in [6.45, 7) is 20.0. The second-order valence-electron chi connectivity index (χ2n) is 7.74. The molecule has 1 fully saturated rings. The molecular formula is C17H36N2O. The molecule has 1 aliphatic heterocycles. The van der Waals surface area contributed by atoms with Crippen molar-refractivity contribution in [1.29, 1.82) is 0 Å². The van der Waals surface area contributed by atoms with E-state index in [0.29, 0.717) is 6.04 Å². The van der Waals surface area contributed by atoms with Crippen molar-refractivity contribution in [3.63, 3.8) is 0 Å². The summed E-state index contributed by atoms with van der Waals surface area (Å²) < 4.78 is 6.18. The summed E-state index contributed by atoms with van der Waals surface area (Å²) >= 11 is 0. The topological polar surface area (TPSA) is 24.5 Å². The van der Waals surface area contributed by atoms with Crippen molar-refractivity contribution >= 4 is 0 Å². The molecule has 0 aromatic carbocycles. The molecule has 0 amide bonds. The number of morpholine rings is 1. The fraction of sp³-hybridized carbons (Fsp3) is 1.00. The van der Waals surface area contributed by atoms with Crippen LogP contribution in [0.3, 0.4) is 0 Å². The van der Waals surface area contributed by atoms with Gasteiger partial charge < -0.3 is 10.1 Å². The van der Waals surface area contributed by atoms with Crippen LogP contribution in [0.25, 0.3) is 0 Å². The van der Waals surface area contributed by atoms with Crippen molar-refractivity contribution in [1.82, 2.24) is 10.2 Å². The lowest BCUT2D eigenvalue weighted by Gasteiger charge is -2.48. The van der Waals surface area contributed by atoms with E-state index in [2.05, 4.69) is 58.7 Å². The van der Waals surface area contributed by atoms with E-state index >= 15 is 0 Å². The van der Waals surface area contributed by atoms with E-state index in [1.807, 2.05) is 0 Å². The highest BCUT2D eigenvalue weighted by Crippen LogP contribution is 2.28. The Morgan fingerprint density at radius 3 is 2.10 bits per heavy atom. The quantitative estimate of drug-likeness (QED) is 0.776. The van der Waals surface area contributed by atoms with Crippen molar-refractivity contribution in [2.45, 2.75) is 78.6 Å². The Bertz CT molecular complexity index is 273. The molecule has 0 radical (unpaired) electrons. The van der Waals surface area contributed by atoms with Gasteiger partial charge in [0.25, 0.3) is 0 Å². The molecule has 2 atom stereocenters. The predicted octanol–water partition coefficient (Wildman–Crippen LogP) is 3.29. The van der Waals surface area contributed by atoms with Gasteiger partial charge in [0.1, 0.15) is 0 Å². The average Bonchev–Trinajstić information content (AvgIpc) is 2.29. The van der Waals surface area contributed by atoms with Crippen LogP contribution in [0.15, 0.2) is 0 Å². The van der Waals surface area contributed by atoms with Gasteiger partial charge in [0.05, 0.1) is 11.2 Å². The zero-order valence-corrected chi connectivity index (χ0v) is 14.8. The van der Waals surface area contributed by atoms with Gasteiger partial charge in [0.2, 0.25) is 0 Å². The largest absolute Gasteiger partial charge is 0.367 e. The third-order valence-electron chi connectivity index (χ3n) is 4.20. The Kier molecular flexibility index (Phi) is 6.49. The lowest BCUT2D eigenvalue weighted by atomic mass is 9.94. The zero-order chi connectivity index (χ0) is 15.4. The molecule has 120 valence electrons. The molecule has 0 aliphatic carbocycles. The van der Waals surface area contributed by atoms with E-state index < -0.39 is 0 Å². The zero-order valence-electron chi connectivity index (χ0n) is 14.8. The average molecular weight is 284 g/mol. The Hall–Kier alpha value is -0.120. The van der Waals surface area contributed by atoms with Gasteiger partial charge >= 0.3 is 0 Å². The summed E-state index contributed by atoms with van der Waals surface area (Å²) in [4.78, 5) is 2.59. The third-order valence-corrected chi connectivity index (χ3v) is 4.20. The van der Waals surface area contributed by atoms with Crippen molar-refractivity contribution in [3.05, 3.63) is 0 Å². The lowest BCUT2D eigenvalue weighted by Crippen LogP contribution is -2.59. The minimum atomic E-state index is -0.0491. The van der Waals surface area contributed by atoms with Crippen LogP contribution in [-0.2, 0) is 4.74 Å². The lowest BCUT2D eigenvalue weighted by molar-refractivity contribution is -0.181. The third kappa shape index (κ3) is 5.71. The molecule has 1 rings (SSSR count). The highest BCUT2D eigenvalue weighted by Gasteiger charge is 2.38. The van der Waals surface area contributed by atoms with E-state index in [1.54, 1.807) is 0 Å². The van der Waals surface area contributed by atoms with E-state index in [0.717, 1.165) is 32.1 Å². The van der Waals surface area contributed by atoms with Crippen LogP contribution < -0.4 is 5.32 Å². The minimum Gasteiger partial charge on any atom is -0.367 e. The molecule has 0 aromatic rings. The van der Waals surface area contributed by atoms with Gasteiger partial charge in [0.15, 0.2) is 0 Å². The van der Waals surface area contributed by atoms with Crippen LogP contribution in [0.4, 0.5) is 0 Å². The molecule has 1 saturated heterocycles. The van der Waals surface area contributed by atoms with E-state index in [4.69, 9.17) is 4.74 Å². The molecule has 1 N–H and O–H groups in total. The van der Waals surface area contributed by atoms with Crippen LogP contribution in [0, 0.1) is 5.92 Å². The molecular weight excluding hydrogens is 248 g/mol. The molecule has 0 aromatic heterocycles. The smallest absolute Gasteiger partial charge is 0.0760 e. The Balaban J connectivity index is 2.66. The van der Waals surface area contributed by atoms with Crippen LogP contribution in [-0.4, -0.2) is 48.3 Å². The highest BCUT2D eigenvalue weighted by molar-refractivity contribution is 4.91. The first kappa shape index (κ1) is 17.9. The molecule has 1 aliphatic rings. The molecule has 3 nitrogen and oxygen atoms in total. The summed E-state index contributed by atoms with van der Waals surface area (Å²) in [6.07, 6.45) is 2.44. The number of hydrogen-bond donors (Lipinski definition) is 1. The summed E-state index contributed by atoms with van der Waals surface area (Å²) in [6, 6.07) is 0.588. The second-order valence-corrected chi connectivity index (χ2v) is 7.74. The predicted molar refractivity (Wildman–Crippen MR) is 87.2 cm³/mol. The first-order valence-electron chi connectivity index (χ1n) is 8.35. The second kappa shape index (κ2) is 7.24. The number of rotatable bonds is 7. The number of nitrogens with zero attached hydrogens (tertiary/aromatic N) is 1. The molecule has 0 spiro atoms. The van der Waals surface area contributed by atoms with Crippen LogP contribution in [0.2, 0.25) is 0 Å². The summed E-state index contributed by atoms with van der Waals surface area (Å²) in [5, 5.41) is 3.74. The number of nitrogens with one attached hydrogen (secondary N) is 1. The van der Waals surface area contributed by atoms with E-state index in [9.17, 15) is 0 Å². The minimum absolute atomic E-state index is 0.0491. The van der Waals surface area contributed by atoms with Gasteiger partial charge in [-0.2, -0.15) is 0 Å². The van der Waals surface area contributed by atoms with Crippen LogP contribution in [0.1, 0.15) is 61.3 Å². The SMILES string of the molecule is CCCNC(CN1CC(C)(C)OC(C)(C)C1)C(C)CC. The highest BCUT2D eigenvalue weighted by atomic mass is 16.5. The van der Waals surface area contributed by atoms with Gasteiger partial charge in [0, 0.05) is 25.7 Å². The van der Waals surface area contributed by atoms with Gasteiger partial charge in [-0.3, -0.25) is 4.90 Å². The van der Waals surface area contributed by atoms with Gasteiger partial charge in [-0.15, -0.1) is 0 Å². The summed E-state index contributed by atoms with van der Waals surface area (Å²) in [7, 11) is 0. The molecule has 0 bridgehead atoms. The Morgan fingerprint density at radius 1 is 1.10 bits per heavy atom. The van der Waals surface area contributed by atoms with Crippen molar-refractivity contribution in [3.8, 4) is 0 Å². The Labute approximate surface area is 126 Å². The maximum atomic E-state index is 6.18. The van der Waals surface area contributed by atoms with Gasteiger partial charge in [-0.05, 0) is 46.6 Å². The molecule has 2 unspecified atom stereocenters. The number of ether oxygens (including phenoxy) is 1. The molecule has 20 heavy (non-hydrogen) atoms. The van der Waals surface area contributed by atoms with Crippen LogP contribution >= 0.6 is 0 Å². The fourth-order valence-electron chi connectivity index (χ4n) is 3.41. The van der Waals surface area contributed by atoms with Crippen molar-refractivity contribution < 1.29 is 4.74 Å². The molecule has 0 saturated carbocycles. The fourth-order valence-corrected chi connectivity index (χ4v) is 3.41. The van der Waals surface area contributed by atoms with Gasteiger partial charge in [-0.25, -0.2) is 0 Å². The first-order valence-corrected chi connectivity index (χ1v) is 8.35. The van der Waals surface area contributed by atoms with E-state index in [1.165, 1.54) is 12.8 Å². The summed E-state index contributed by atoms with van der Waals surface area (Å²) in [5.74, 6) is 0.718. The normalized spacial score (nSPS) is 25.4.